The molecule has 0 aliphatic heterocycles. The number of amides is 2. The Morgan fingerprint density at radius 2 is 1.03 bits per heavy atom. The zero-order chi connectivity index (χ0) is 27.8. The molecule has 2 amide bonds. The first-order valence-electron chi connectivity index (χ1n) is 12.5. The average Bonchev–Trinajstić information content (AvgIpc) is 3.53. The quantitative estimate of drug-likeness (QED) is 0.265. The van der Waals surface area contributed by atoms with Gasteiger partial charge in [0.15, 0.2) is 0 Å². The molecule has 0 fully saturated rings. The number of carbonyl (C=O) groups is 2. The number of carbonyl (C=O) groups excluding carboxylic acids is 2. The van der Waals surface area contributed by atoms with Gasteiger partial charge in [0, 0.05) is 52.4 Å². The Hall–Kier alpha value is -3.90. The summed E-state index contributed by atoms with van der Waals surface area (Å²) < 4.78 is 0. The predicted molar refractivity (Wildman–Crippen MR) is 158 cm³/mol. The maximum Gasteiger partial charge on any atom is 0.230 e. The first-order valence-corrected chi connectivity index (χ1v) is 14.2. The van der Waals surface area contributed by atoms with Crippen molar-refractivity contribution in [2.75, 3.05) is 48.6 Å². The van der Waals surface area contributed by atoms with Gasteiger partial charge in [-0.3, -0.25) is 9.59 Å². The van der Waals surface area contributed by atoms with Crippen molar-refractivity contribution in [1.29, 1.82) is 0 Å². The van der Waals surface area contributed by atoms with E-state index < -0.39 is 0 Å². The number of nitrogens with one attached hydrogen (secondary N) is 2. The summed E-state index contributed by atoms with van der Waals surface area (Å²) in [5.41, 5.74) is 4.05. The van der Waals surface area contributed by atoms with Gasteiger partial charge in [0.1, 0.15) is 10.0 Å². The van der Waals surface area contributed by atoms with Crippen molar-refractivity contribution in [3.05, 3.63) is 69.7 Å². The molecule has 4 rings (SSSR count). The third-order valence-corrected chi connectivity index (χ3v) is 7.64. The van der Waals surface area contributed by atoms with Crippen molar-refractivity contribution >= 4 is 56.1 Å². The Morgan fingerprint density at radius 1 is 0.641 bits per heavy atom. The van der Waals surface area contributed by atoms with E-state index in [1.54, 1.807) is 0 Å². The van der Waals surface area contributed by atoms with Crippen LogP contribution in [-0.4, -0.2) is 60.4 Å². The van der Waals surface area contributed by atoms with Crippen LogP contribution in [0.15, 0.2) is 48.5 Å². The van der Waals surface area contributed by atoms with Crippen LogP contribution in [0.4, 0.5) is 21.6 Å². The summed E-state index contributed by atoms with van der Waals surface area (Å²) in [6.07, 6.45) is 2.79. The largest absolute Gasteiger partial charge is 0.378 e. The third-order valence-electron chi connectivity index (χ3n) is 5.84. The van der Waals surface area contributed by atoms with Crippen molar-refractivity contribution in [1.82, 2.24) is 20.4 Å². The minimum Gasteiger partial charge on any atom is -0.378 e. The van der Waals surface area contributed by atoms with Gasteiger partial charge in [0.2, 0.25) is 22.1 Å². The molecule has 10 nitrogen and oxygen atoms in total. The van der Waals surface area contributed by atoms with E-state index in [9.17, 15) is 9.59 Å². The highest BCUT2D eigenvalue weighted by Crippen LogP contribution is 2.21. The van der Waals surface area contributed by atoms with Crippen LogP contribution in [0.5, 0.6) is 0 Å². The van der Waals surface area contributed by atoms with Gasteiger partial charge in [-0.2, -0.15) is 0 Å². The Labute approximate surface area is 236 Å². The minimum absolute atomic E-state index is 0.121. The summed E-state index contributed by atoms with van der Waals surface area (Å²) in [4.78, 5) is 28.8. The molecular formula is C27H32N8O2S2. The number of nitrogens with zero attached hydrogens (tertiary/aromatic N) is 6. The van der Waals surface area contributed by atoms with Crippen LogP contribution in [0, 0.1) is 0 Å². The van der Waals surface area contributed by atoms with E-state index in [1.165, 1.54) is 22.7 Å². The van der Waals surface area contributed by atoms with Crippen LogP contribution in [0.1, 0.15) is 27.6 Å². The lowest BCUT2D eigenvalue weighted by Gasteiger charge is -2.12. The van der Waals surface area contributed by atoms with Crippen LogP contribution >= 0.6 is 22.7 Å². The van der Waals surface area contributed by atoms with E-state index in [1.807, 2.05) is 86.5 Å². The summed E-state index contributed by atoms with van der Waals surface area (Å²) in [6, 6.07) is 15.8. The average molecular weight is 565 g/mol. The summed E-state index contributed by atoms with van der Waals surface area (Å²) in [6.45, 7) is 0. The maximum absolute atomic E-state index is 12.4. The Balaban J connectivity index is 1.18. The lowest BCUT2D eigenvalue weighted by molar-refractivity contribution is -0.116. The topological polar surface area (TPSA) is 116 Å². The van der Waals surface area contributed by atoms with E-state index in [0.29, 0.717) is 23.1 Å². The molecule has 0 saturated carbocycles. The number of hydrogen-bond acceptors (Lipinski definition) is 10. The molecule has 0 aliphatic rings. The van der Waals surface area contributed by atoms with Gasteiger partial charge in [0.05, 0.1) is 12.8 Å². The molecule has 0 radical (unpaired) electrons. The van der Waals surface area contributed by atoms with Gasteiger partial charge in [-0.1, -0.05) is 46.9 Å². The molecule has 0 bridgehead atoms. The SMILES string of the molecule is CN(C)c1ccc(CC(=O)Nc2nnc(CCCc3nnc(NC(=O)Cc4ccc(N(C)C)cc4)s3)s2)cc1. The summed E-state index contributed by atoms with van der Waals surface area (Å²) >= 11 is 2.75. The lowest BCUT2D eigenvalue weighted by Crippen LogP contribution is -2.14. The third kappa shape index (κ3) is 8.55. The second-order valence-corrected chi connectivity index (χ2v) is 11.6. The van der Waals surface area contributed by atoms with E-state index in [-0.39, 0.29) is 24.7 Å². The second-order valence-electron chi connectivity index (χ2n) is 9.43. The normalized spacial score (nSPS) is 10.8. The van der Waals surface area contributed by atoms with Crippen LogP contribution < -0.4 is 20.4 Å². The Kier molecular flexibility index (Phi) is 9.55. The summed E-state index contributed by atoms with van der Waals surface area (Å²) in [5, 5.41) is 24.9. The van der Waals surface area contributed by atoms with Crippen LogP contribution in [0.2, 0.25) is 0 Å². The van der Waals surface area contributed by atoms with Gasteiger partial charge < -0.3 is 20.4 Å². The van der Waals surface area contributed by atoms with Gasteiger partial charge in [0.25, 0.3) is 0 Å². The molecule has 0 aliphatic carbocycles. The van der Waals surface area contributed by atoms with Crippen molar-refractivity contribution < 1.29 is 9.59 Å². The van der Waals surface area contributed by atoms with E-state index in [0.717, 1.165) is 38.9 Å². The first kappa shape index (κ1) is 28.1. The summed E-state index contributed by atoms with van der Waals surface area (Å²) in [7, 11) is 7.92. The molecule has 0 atom stereocenters. The van der Waals surface area contributed by atoms with Crippen molar-refractivity contribution in [3.63, 3.8) is 0 Å². The standard InChI is InChI=1S/C27H32N8O2S2/c1-34(2)20-12-8-18(9-13-20)16-22(36)28-26-32-30-24(38-26)6-5-7-25-31-33-27(39-25)29-23(37)17-19-10-14-21(15-11-19)35(3)4/h8-15H,5-7,16-17H2,1-4H3,(H,28,32,36)(H,29,33,37). The summed E-state index contributed by atoms with van der Waals surface area (Å²) in [5.74, 6) is -0.242. The molecule has 2 heterocycles. The lowest BCUT2D eigenvalue weighted by atomic mass is 10.1. The Morgan fingerprint density at radius 3 is 1.38 bits per heavy atom. The van der Waals surface area contributed by atoms with Crippen molar-refractivity contribution in [2.45, 2.75) is 32.1 Å². The fraction of sp³-hybridized carbons (Fsp3) is 0.333. The number of aryl methyl sites for hydroxylation is 2. The first-order chi connectivity index (χ1) is 18.7. The number of rotatable bonds is 12. The fourth-order valence-electron chi connectivity index (χ4n) is 3.72. The van der Waals surface area contributed by atoms with Crippen LogP contribution in [0.25, 0.3) is 0 Å². The highest BCUT2D eigenvalue weighted by Gasteiger charge is 2.12. The molecule has 2 N–H and O–H groups in total. The molecule has 39 heavy (non-hydrogen) atoms. The van der Waals surface area contributed by atoms with Gasteiger partial charge in [-0.05, 0) is 41.8 Å². The van der Waals surface area contributed by atoms with Crippen LogP contribution in [0.3, 0.4) is 0 Å². The van der Waals surface area contributed by atoms with Crippen molar-refractivity contribution in [3.8, 4) is 0 Å². The molecule has 4 aromatic rings. The monoisotopic (exact) mass is 564 g/mol. The highest BCUT2D eigenvalue weighted by molar-refractivity contribution is 7.15. The maximum atomic E-state index is 12.4. The number of benzene rings is 2. The number of aromatic nitrogens is 4. The molecule has 0 spiro atoms. The molecule has 0 saturated heterocycles. The van der Waals surface area contributed by atoms with E-state index >= 15 is 0 Å². The minimum atomic E-state index is -0.121. The van der Waals surface area contributed by atoms with Gasteiger partial charge in [-0.25, -0.2) is 0 Å². The zero-order valence-electron chi connectivity index (χ0n) is 22.5. The van der Waals surface area contributed by atoms with E-state index in [2.05, 4.69) is 31.0 Å². The number of anilines is 4. The molecule has 12 heteroatoms. The second kappa shape index (κ2) is 13.3. The fourth-order valence-corrected chi connectivity index (χ4v) is 5.32. The highest BCUT2D eigenvalue weighted by atomic mass is 32.1. The zero-order valence-corrected chi connectivity index (χ0v) is 24.1. The predicted octanol–water partition coefficient (Wildman–Crippen LogP) is 4.06. The number of hydrogen-bond donors (Lipinski definition) is 2. The molecule has 0 unspecified atom stereocenters. The Bertz CT molecular complexity index is 1280. The van der Waals surface area contributed by atoms with Crippen molar-refractivity contribution in [2.24, 2.45) is 0 Å². The van der Waals surface area contributed by atoms with Crippen LogP contribution in [-0.2, 0) is 35.3 Å². The van der Waals surface area contributed by atoms with E-state index in [4.69, 9.17) is 0 Å². The molecule has 204 valence electrons. The molecule has 2 aromatic heterocycles. The molecular weight excluding hydrogens is 532 g/mol. The smallest absolute Gasteiger partial charge is 0.230 e. The van der Waals surface area contributed by atoms with Gasteiger partial charge >= 0.3 is 0 Å². The van der Waals surface area contributed by atoms with Gasteiger partial charge in [-0.15, -0.1) is 20.4 Å². The molecule has 2 aromatic carbocycles.